The van der Waals surface area contributed by atoms with E-state index in [9.17, 15) is 33.1 Å². The van der Waals surface area contributed by atoms with E-state index in [0.717, 1.165) is 57.8 Å². The first-order valence-corrected chi connectivity index (χ1v) is 26.7. The number of aliphatic hydroxyl groups is 3. The van der Waals surface area contributed by atoms with E-state index >= 15 is 0 Å². The van der Waals surface area contributed by atoms with Crippen molar-refractivity contribution < 1.29 is 56.2 Å². The fourth-order valence-corrected chi connectivity index (χ4v) is 7.73. The van der Waals surface area contributed by atoms with E-state index in [1.54, 1.807) is 0 Å². The van der Waals surface area contributed by atoms with Gasteiger partial charge in [0.05, 0.1) is 19.8 Å². The summed E-state index contributed by atoms with van der Waals surface area (Å²) in [6.45, 7) is 3.78. The maximum atomic E-state index is 12.9. The van der Waals surface area contributed by atoms with Crippen molar-refractivity contribution in [1.29, 1.82) is 0 Å². The predicted octanol–water partition coefficient (Wildman–Crippen LogP) is 11.6. The number of aliphatic hydroxyl groups excluding tert-OH is 3. The minimum absolute atomic E-state index is 0.000381. The molecule has 0 saturated carbocycles. The molecule has 13 heteroatoms. The lowest BCUT2D eigenvalue weighted by atomic mass is 9.99. The lowest BCUT2D eigenvalue weighted by molar-refractivity contribution is -0.301. The number of ether oxygens (including phenoxy) is 4. The van der Waals surface area contributed by atoms with E-state index in [0.29, 0.717) is 13.0 Å². The second-order valence-electron chi connectivity index (χ2n) is 17.0. The van der Waals surface area contributed by atoms with Crippen molar-refractivity contribution in [2.75, 3.05) is 26.4 Å². The first kappa shape index (κ1) is 61.3. The monoisotopic (exact) mass is 951 g/mol. The van der Waals surface area contributed by atoms with Crippen molar-refractivity contribution in [1.82, 2.24) is 0 Å². The minimum Gasteiger partial charge on any atom is -0.457 e. The minimum atomic E-state index is -5.08. The summed E-state index contributed by atoms with van der Waals surface area (Å²) in [6.07, 6.45) is 49.1. The first-order valence-electron chi connectivity index (χ1n) is 25.3. The fraction of sp³-hybridized carbons (Fsp3) is 0.717. The summed E-state index contributed by atoms with van der Waals surface area (Å²) in [5, 5.41) is 30.7. The molecule has 0 amide bonds. The third-order valence-corrected chi connectivity index (χ3v) is 11.5. The average molecular weight is 951 g/mol. The maximum absolute atomic E-state index is 12.9. The van der Waals surface area contributed by atoms with Gasteiger partial charge in [0.1, 0.15) is 30.5 Å². The van der Waals surface area contributed by atoms with Crippen molar-refractivity contribution >= 4 is 16.4 Å². The Bertz CT molecular complexity index is 1470. The van der Waals surface area contributed by atoms with Gasteiger partial charge in [-0.2, -0.15) is 8.42 Å². The molecular weight excluding hydrogens is 861 g/mol. The Hall–Kier alpha value is -2.72. The number of hydrogen-bond donors (Lipinski definition) is 4. The van der Waals surface area contributed by atoms with Crippen LogP contribution in [-0.2, 0) is 38.3 Å². The normalized spacial score (nSPS) is 20.2. The van der Waals surface area contributed by atoms with E-state index in [1.165, 1.54) is 96.3 Å². The molecule has 6 atom stereocenters. The maximum Gasteiger partial charge on any atom is 0.397 e. The standard InChI is InChI=1S/C53H90O12S/c1-3-5-7-9-11-13-15-17-19-21-23-25-27-29-31-33-35-37-39-41-43-61-45-47(46-62-53-51(57)52(65-66(58,59)60)50(56)48(44-54)64-53)63-49(55)42-40-38-36-34-32-30-28-26-24-22-20-18-16-14-12-10-8-6-4-2/h6,8,12,14,17-20,24,26,30,32,36,38,47-48,50-54,56-57H,3-5,7,9-11,13,15-16,21-23,25,27-29,31,33-35,37,39-46H2,1-2H3,(H,58,59,60)/b8-6-,14-12-,19-17-,20-18-,26-24-,32-30-,38-36-. The second-order valence-corrected chi connectivity index (χ2v) is 18.1. The molecule has 66 heavy (non-hydrogen) atoms. The van der Waals surface area contributed by atoms with Crippen LogP contribution in [0.3, 0.4) is 0 Å². The van der Waals surface area contributed by atoms with E-state index < -0.39 is 59.8 Å². The number of hydrogen-bond acceptors (Lipinski definition) is 11. The van der Waals surface area contributed by atoms with E-state index in [2.05, 4.69) is 90.9 Å². The predicted molar refractivity (Wildman–Crippen MR) is 266 cm³/mol. The Kier molecular flexibility index (Phi) is 40.4. The van der Waals surface area contributed by atoms with Crippen LogP contribution in [0.4, 0.5) is 0 Å². The molecule has 0 radical (unpaired) electrons. The summed E-state index contributed by atoms with van der Waals surface area (Å²) in [7, 11) is -5.08. The van der Waals surface area contributed by atoms with Crippen molar-refractivity contribution in [2.45, 2.75) is 218 Å². The number of carbonyl (C=O) groups excluding carboxylic acids is 1. The highest BCUT2D eigenvalue weighted by Crippen LogP contribution is 2.26. The van der Waals surface area contributed by atoms with Gasteiger partial charge >= 0.3 is 16.4 Å². The highest BCUT2D eigenvalue weighted by atomic mass is 32.3. The molecule has 0 aliphatic carbocycles. The molecule has 0 aromatic heterocycles. The van der Waals surface area contributed by atoms with Crippen LogP contribution in [0.25, 0.3) is 0 Å². The Morgan fingerprint density at radius 1 is 0.591 bits per heavy atom. The molecule has 1 saturated heterocycles. The molecule has 0 spiro atoms. The second kappa shape index (κ2) is 43.6. The quantitative estimate of drug-likeness (QED) is 0.0197. The molecule has 1 aliphatic heterocycles. The van der Waals surface area contributed by atoms with Gasteiger partial charge in [0, 0.05) is 13.0 Å². The molecule has 1 fully saturated rings. The highest BCUT2D eigenvalue weighted by molar-refractivity contribution is 7.80. The van der Waals surface area contributed by atoms with Crippen LogP contribution >= 0.6 is 0 Å². The molecule has 0 aromatic carbocycles. The number of unbranched alkanes of at least 4 members (excludes halogenated alkanes) is 16. The molecule has 1 aliphatic rings. The molecule has 0 aromatic rings. The molecule has 1 rings (SSSR count). The van der Waals surface area contributed by atoms with Gasteiger partial charge in [0.25, 0.3) is 0 Å². The zero-order valence-corrected chi connectivity index (χ0v) is 41.5. The van der Waals surface area contributed by atoms with Gasteiger partial charge in [-0.05, 0) is 77.0 Å². The van der Waals surface area contributed by atoms with Gasteiger partial charge in [0.2, 0.25) is 0 Å². The first-order chi connectivity index (χ1) is 32.1. The van der Waals surface area contributed by atoms with Crippen molar-refractivity contribution in [3.05, 3.63) is 85.1 Å². The molecule has 12 nitrogen and oxygen atoms in total. The van der Waals surface area contributed by atoms with Crippen molar-refractivity contribution in [2.24, 2.45) is 0 Å². The summed E-state index contributed by atoms with van der Waals surface area (Å²) < 4.78 is 59.1. The van der Waals surface area contributed by atoms with Gasteiger partial charge in [-0.25, -0.2) is 4.18 Å². The smallest absolute Gasteiger partial charge is 0.397 e. The molecule has 1 heterocycles. The number of carbonyl (C=O) groups is 1. The van der Waals surface area contributed by atoms with Crippen LogP contribution in [0.1, 0.15) is 181 Å². The van der Waals surface area contributed by atoms with Crippen LogP contribution in [0.15, 0.2) is 85.1 Å². The van der Waals surface area contributed by atoms with Crippen LogP contribution in [0, 0.1) is 0 Å². The van der Waals surface area contributed by atoms with Crippen LogP contribution < -0.4 is 0 Å². The fourth-order valence-electron chi connectivity index (χ4n) is 7.22. The van der Waals surface area contributed by atoms with Crippen LogP contribution in [0.2, 0.25) is 0 Å². The summed E-state index contributed by atoms with van der Waals surface area (Å²) >= 11 is 0. The van der Waals surface area contributed by atoms with Gasteiger partial charge in [-0.1, -0.05) is 182 Å². The zero-order chi connectivity index (χ0) is 48.2. The molecule has 6 unspecified atom stereocenters. The molecule has 4 N–H and O–H groups in total. The third-order valence-electron chi connectivity index (χ3n) is 11.0. The molecule has 380 valence electrons. The van der Waals surface area contributed by atoms with Gasteiger partial charge in [0.15, 0.2) is 6.29 Å². The van der Waals surface area contributed by atoms with Crippen molar-refractivity contribution in [3.8, 4) is 0 Å². The third kappa shape index (κ3) is 36.3. The van der Waals surface area contributed by atoms with E-state index in [4.69, 9.17) is 18.9 Å². The highest BCUT2D eigenvalue weighted by Gasteiger charge is 2.48. The van der Waals surface area contributed by atoms with Gasteiger partial charge in [-0.15, -0.1) is 0 Å². The van der Waals surface area contributed by atoms with Gasteiger partial charge in [-0.3, -0.25) is 9.35 Å². The zero-order valence-electron chi connectivity index (χ0n) is 40.7. The molecular formula is C53H90O12S. The summed E-state index contributed by atoms with van der Waals surface area (Å²) in [5.74, 6) is -0.483. The summed E-state index contributed by atoms with van der Waals surface area (Å²) in [6, 6.07) is 0. The average Bonchev–Trinajstić information content (AvgIpc) is 3.29. The number of esters is 1. The van der Waals surface area contributed by atoms with Crippen molar-refractivity contribution in [3.63, 3.8) is 0 Å². The van der Waals surface area contributed by atoms with E-state index in [1.807, 2.05) is 12.2 Å². The SMILES string of the molecule is CC/C=C\C/C=C\C/C=C\C/C=C\C/C=C\C/C=C\CCC(=O)OC(COCCCCCCCCCCCC/C=C\CCCCCCCC)COC1OC(CO)C(O)C(OS(=O)(=O)O)C1O. The molecule has 0 bridgehead atoms. The number of rotatable bonds is 43. The number of allylic oxidation sites excluding steroid dienone is 14. The van der Waals surface area contributed by atoms with Crippen LogP contribution in [-0.4, -0.2) is 97.5 Å². The lowest BCUT2D eigenvalue weighted by Crippen LogP contribution is -2.60. The van der Waals surface area contributed by atoms with E-state index in [-0.39, 0.29) is 19.6 Å². The Balaban J connectivity index is 2.43. The topological polar surface area (TPSA) is 178 Å². The largest absolute Gasteiger partial charge is 0.457 e. The Morgan fingerprint density at radius 2 is 1.05 bits per heavy atom. The Morgan fingerprint density at radius 3 is 1.53 bits per heavy atom. The lowest BCUT2D eigenvalue weighted by Gasteiger charge is -2.41. The van der Waals surface area contributed by atoms with Crippen LogP contribution in [0.5, 0.6) is 0 Å². The summed E-state index contributed by atoms with van der Waals surface area (Å²) in [5.41, 5.74) is 0. The Labute approximate surface area is 400 Å². The summed E-state index contributed by atoms with van der Waals surface area (Å²) in [4.78, 5) is 12.9. The van der Waals surface area contributed by atoms with Gasteiger partial charge < -0.3 is 34.3 Å².